The first-order valence-corrected chi connectivity index (χ1v) is 9.19. The maximum atomic E-state index is 13.1. The van der Waals surface area contributed by atoms with Crippen LogP contribution in [0.2, 0.25) is 0 Å². The number of hydrogen-bond donors (Lipinski definition) is 1. The molecule has 1 heterocycles. The first kappa shape index (κ1) is 19.6. The van der Waals surface area contributed by atoms with Gasteiger partial charge in [-0.3, -0.25) is 19.3 Å². The highest BCUT2D eigenvalue weighted by molar-refractivity contribution is 6.15. The lowest BCUT2D eigenvalue weighted by Gasteiger charge is -2.42. The topological polar surface area (TPSA) is 75.7 Å². The van der Waals surface area contributed by atoms with Crippen molar-refractivity contribution in [3.63, 3.8) is 0 Å². The van der Waals surface area contributed by atoms with E-state index in [1.165, 1.54) is 11.8 Å². The van der Waals surface area contributed by atoms with Crippen LogP contribution in [0.1, 0.15) is 31.9 Å². The Morgan fingerprint density at radius 1 is 1.11 bits per heavy atom. The second-order valence-corrected chi connectivity index (χ2v) is 7.50. The largest absolute Gasteiger partial charge is 0.452 e. The maximum Gasteiger partial charge on any atom is 0.311 e. The third-order valence-electron chi connectivity index (χ3n) is 4.85. The molecule has 6 nitrogen and oxygen atoms in total. The standard InChI is InChI=1S/C22H24N2O4/c1-14-9-11-16(12-10-14)13-19(25)28-15(2)20(26)24-18-8-6-5-7-17(18)23-21(27)22(24,3)4/h5-12,15H,13H2,1-4H3,(H,23,27)/t15-/m0/s1. The number of carbonyl (C=O) groups is 3. The summed E-state index contributed by atoms with van der Waals surface area (Å²) < 4.78 is 5.38. The van der Waals surface area contributed by atoms with Gasteiger partial charge in [0.15, 0.2) is 6.10 Å². The average molecular weight is 380 g/mol. The van der Waals surface area contributed by atoms with Crippen LogP contribution in [0.25, 0.3) is 0 Å². The van der Waals surface area contributed by atoms with Crippen molar-refractivity contribution in [3.05, 3.63) is 59.7 Å². The number of para-hydroxylation sites is 2. The Labute approximate surface area is 164 Å². The Bertz CT molecular complexity index is 918. The van der Waals surface area contributed by atoms with Gasteiger partial charge in [-0.1, -0.05) is 42.0 Å². The zero-order valence-corrected chi connectivity index (χ0v) is 16.5. The van der Waals surface area contributed by atoms with E-state index in [1.54, 1.807) is 38.1 Å². The van der Waals surface area contributed by atoms with Crippen LogP contribution in [0.3, 0.4) is 0 Å². The number of esters is 1. The highest BCUT2D eigenvalue weighted by Gasteiger charge is 2.45. The Kier molecular flexibility index (Phi) is 5.23. The lowest BCUT2D eigenvalue weighted by atomic mass is 9.95. The van der Waals surface area contributed by atoms with Gasteiger partial charge in [0.1, 0.15) is 5.54 Å². The second kappa shape index (κ2) is 7.46. The number of rotatable bonds is 4. The molecular weight excluding hydrogens is 356 g/mol. The number of amides is 2. The maximum absolute atomic E-state index is 13.1. The van der Waals surface area contributed by atoms with Crippen molar-refractivity contribution in [2.45, 2.75) is 45.8 Å². The van der Waals surface area contributed by atoms with E-state index in [0.29, 0.717) is 11.4 Å². The van der Waals surface area contributed by atoms with Crippen molar-refractivity contribution in [2.24, 2.45) is 0 Å². The smallest absolute Gasteiger partial charge is 0.311 e. The summed E-state index contributed by atoms with van der Waals surface area (Å²) in [4.78, 5) is 39.3. The molecular formula is C22H24N2O4. The zero-order valence-electron chi connectivity index (χ0n) is 16.5. The van der Waals surface area contributed by atoms with Crippen LogP contribution in [0, 0.1) is 6.92 Å². The monoisotopic (exact) mass is 380 g/mol. The van der Waals surface area contributed by atoms with E-state index in [4.69, 9.17) is 4.74 Å². The summed E-state index contributed by atoms with van der Waals surface area (Å²) in [6.45, 7) is 6.83. The van der Waals surface area contributed by atoms with Crippen LogP contribution < -0.4 is 10.2 Å². The lowest BCUT2D eigenvalue weighted by molar-refractivity contribution is -0.153. The summed E-state index contributed by atoms with van der Waals surface area (Å²) in [5.41, 5.74) is 1.95. The van der Waals surface area contributed by atoms with E-state index in [9.17, 15) is 14.4 Å². The number of nitrogens with zero attached hydrogens (tertiary/aromatic N) is 1. The van der Waals surface area contributed by atoms with Crippen LogP contribution in [0.5, 0.6) is 0 Å². The summed E-state index contributed by atoms with van der Waals surface area (Å²) in [5.74, 6) is -1.22. The molecule has 2 aromatic carbocycles. The van der Waals surface area contributed by atoms with Crippen LogP contribution in [0.4, 0.5) is 11.4 Å². The van der Waals surface area contributed by atoms with Gasteiger partial charge in [-0.05, 0) is 45.4 Å². The highest BCUT2D eigenvalue weighted by Crippen LogP contribution is 2.37. The number of carbonyl (C=O) groups excluding carboxylic acids is 3. The molecule has 146 valence electrons. The summed E-state index contributed by atoms with van der Waals surface area (Å²) in [5, 5.41) is 2.81. The molecule has 0 aromatic heterocycles. The highest BCUT2D eigenvalue weighted by atomic mass is 16.5. The van der Waals surface area contributed by atoms with E-state index >= 15 is 0 Å². The molecule has 6 heteroatoms. The van der Waals surface area contributed by atoms with Crippen molar-refractivity contribution in [2.75, 3.05) is 10.2 Å². The van der Waals surface area contributed by atoms with Crippen molar-refractivity contribution in [1.82, 2.24) is 0 Å². The minimum atomic E-state index is -1.11. The predicted octanol–water partition coefficient (Wildman–Crippen LogP) is 3.23. The molecule has 0 fully saturated rings. The average Bonchev–Trinajstić information content (AvgIpc) is 2.64. The number of aryl methyl sites for hydroxylation is 1. The SMILES string of the molecule is Cc1ccc(CC(=O)O[C@@H](C)C(=O)N2c3ccccc3NC(=O)C2(C)C)cc1. The summed E-state index contributed by atoms with van der Waals surface area (Å²) in [6.07, 6.45) is -0.936. The van der Waals surface area contributed by atoms with Gasteiger partial charge < -0.3 is 10.1 Å². The van der Waals surface area contributed by atoms with Gasteiger partial charge in [0, 0.05) is 0 Å². The fourth-order valence-electron chi connectivity index (χ4n) is 3.19. The fourth-order valence-corrected chi connectivity index (χ4v) is 3.19. The summed E-state index contributed by atoms with van der Waals surface area (Å²) in [6, 6.07) is 14.6. The van der Waals surface area contributed by atoms with E-state index in [0.717, 1.165) is 11.1 Å². The Balaban J connectivity index is 1.77. The molecule has 3 rings (SSSR count). The number of hydrogen-bond acceptors (Lipinski definition) is 4. The van der Waals surface area contributed by atoms with Gasteiger partial charge in [0.25, 0.3) is 5.91 Å². The van der Waals surface area contributed by atoms with Gasteiger partial charge >= 0.3 is 5.97 Å². The first-order valence-electron chi connectivity index (χ1n) is 9.19. The third kappa shape index (κ3) is 3.76. The molecule has 0 radical (unpaired) electrons. The molecule has 1 aliphatic heterocycles. The first-order chi connectivity index (χ1) is 13.2. The van der Waals surface area contributed by atoms with Crippen LogP contribution in [-0.2, 0) is 25.5 Å². The van der Waals surface area contributed by atoms with E-state index in [2.05, 4.69) is 5.32 Å². The molecule has 0 saturated carbocycles. The van der Waals surface area contributed by atoms with Gasteiger partial charge in [-0.15, -0.1) is 0 Å². The molecule has 0 spiro atoms. The molecule has 0 unspecified atom stereocenters. The molecule has 0 bridgehead atoms. The molecule has 1 aliphatic rings. The van der Waals surface area contributed by atoms with Crippen molar-refractivity contribution in [1.29, 1.82) is 0 Å². The van der Waals surface area contributed by atoms with Crippen LogP contribution in [-0.4, -0.2) is 29.4 Å². The van der Waals surface area contributed by atoms with Gasteiger partial charge in [0.2, 0.25) is 5.91 Å². The molecule has 2 aromatic rings. The molecule has 28 heavy (non-hydrogen) atoms. The van der Waals surface area contributed by atoms with Crippen LogP contribution >= 0.6 is 0 Å². The number of ether oxygens (including phenoxy) is 1. The van der Waals surface area contributed by atoms with Gasteiger partial charge in [-0.25, -0.2) is 0 Å². The molecule has 1 atom stereocenters. The fraction of sp³-hybridized carbons (Fsp3) is 0.318. The number of anilines is 2. The molecule has 0 aliphatic carbocycles. The predicted molar refractivity (Wildman–Crippen MR) is 107 cm³/mol. The third-order valence-corrected chi connectivity index (χ3v) is 4.85. The Hall–Kier alpha value is -3.15. The quantitative estimate of drug-likeness (QED) is 0.827. The lowest BCUT2D eigenvalue weighted by Crippen LogP contribution is -2.60. The molecule has 1 N–H and O–H groups in total. The van der Waals surface area contributed by atoms with Crippen molar-refractivity contribution < 1.29 is 19.1 Å². The minimum Gasteiger partial charge on any atom is -0.452 e. The molecule has 2 amide bonds. The zero-order chi connectivity index (χ0) is 20.5. The van der Waals surface area contributed by atoms with E-state index < -0.39 is 23.5 Å². The second-order valence-electron chi connectivity index (χ2n) is 7.50. The number of fused-ring (bicyclic) bond motifs is 1. The van der Waals surface area contributed by atoms with Crippen molar-refractivity contribution in [3.8, 4) is 0 Å². The number of nitrogens with one attached hydrogen (secondary N) is 1. The van der Waals surface area contributed by atoms with Crippen molar-refractivity contribution >= 4 is 29.2 Å². The summed E-state index contributed by atoms with van der Waals surface area (Å²) >= 11 is 0. The normalized spacial score (nSPS) is 16.0. The number of benzene rings is 2. The van der Waals surface area contributed by atoms with E-state index in [-0.39, 0.29) is 12.3 Å². The molecule has 0 saturated heterocycles. The van der Waals surface area contributed by atoms with Crippen LogP contribution in [0.15, 0.2) is 48.5 Å². The Morgan fingerprint density at radius 2 is 1.75 bits per heavy atom. The Morgan fingerprint density at radius 3 is 2.43 bits per heavy atom. The minimum absolute atomic E-state index is 0.0817. The van der Waals surface area contributed by atoms with Gasteiger partial charge in [-0.2, -0.15) is 0 Å². The van der Waals surface area contributed by atoms with E-state index in [1.807, 2.05) is 31.2 Å². The summed E-state index contributed by atoms with van der Waals surface area (Å²) in [7, 11) is 0. The van der Waals surface area contributed by atoms with Gasteiger partial charge in [0.05, 0.1) is 17.8 Å².